The molecule has 1 N–H and O–H groups in total. The molecule has 1 aromatic carbocycles. The summed E-state index contributed by atoms with van der Waals surface area (Å²) in [6, 6.07) is 7.80. The maximum atomic E-state index is 12.1. The summed E-state index contributed by atoms with van der Waals surface area (Å²) in [6.45, 7) is 11.5. The molecule has 4 heteroatoms. The van der Waals surface area contributed by atoms with Gasteiger partial charge in [0.1, 0.15) is 6.54 Å². The van der Waals surface area contributed by atoms with Crippen molar-refractivity contribution in [2.24, 2.45) is 0 Å². The first-order chi connectivity index (χ1) is 9.61. The summed E-state index contributed by atoms with van der Waals surface area (Å²) in [5, 5.41) is 2.83. The van der Waals surface area contributed by atoms with Gasteiger partial charge >= 0.3 is 0 Å². The summed E-state index contributed by atoms with van der Waals surface area (Å²) in [7, 11) is 0. The van der Waals surface area contributed by atoms with Crippen molar-refractivity contribution in [1.82, 2.24) is 4.90 Å². The molecule has 21 heavy (non-hydrogen) atoms. The molecular weight excluding hydrogens is 264 g/mol. The van der Waals surface area contributed by atoms with Crippen molar-refractivity contribution in [3.8, 4) is 0 Å². The lowest BCUT2D eigenvalue weighted by atomic mass is 10.0. The highest BCUT2D eigenvalue weighted by Crippen LogP contribution is 2.18. The number of carbonyl (C=O) groups excluding carboxylic acids is 2. The predicted molar refractivity (Wildman–Crippen MR) is 86.3 cm³/mol. The van der Waals surface area contributed by atoms with Crippen LogP contribution in [-0.2, 0) is 9.59 Å². The van der Waals surface area contributed by atoms with Crippen LogP contribution < -0.4 is 5.32 Å². The van der Waals surface area contributed by atoms with Gasteiger partial charge in [-0.2, -0.15) is 0 Å². The average Bonchev–Trinajstić information content (AvgIpc) is 2.35. The van der Waals surface area contributed by atoms with E-state index in [0.29, 0.717) is 5.92 Å². The molecular formula is C17H26N2O2. The average molecular weight is 290 g/mol. The summed E-state index contributed by atoms with van der Waals surface area (Å²) < 4.78 is 0. The lowest BCUT2D eigenvalue weighted by Gasteiger charge is -2.34. The van der Waals surface area contributed by atoms with Gasteiger partial charge in [-0.05, 0) is 44.4 Å². The normalized spacial score (nSPS) is 11.4. The Labute approximate surface area is 127 Å². The third-order valence-corrected chi connectivity index (χ3v) is 3.35. The standard InChI is InChI=1S/C17H26N2O2/c1-12(2)14-7-9-15(10-8-14)18-16(21)11-19(13(3)20)17(4,5)6/h7-10,12H,11H2,1-6H3,(H,18,21). The third-order valence-electron chi connectivity index (χ3n) is 3.35. The molecule has 4 nitrogen and oxygen atoms in total. The van der Waals surface area contributed by atoms with E-state index in [2.05, 4.69) is 19.2 Å². The minimum Gasteiger partial charge on any atom is -0.329 e. The number of nitrogens with one attached hydrogen (secondary N) is 1. The van der Waals surface area contributed by atoms with Gasteiger partial charge in [0.25, 0.3) is 0 Å². The molecule has 0 spiro atoms. The van der Waals surface area contributed by atoms with Gasteiger partial charge in [-0.15, -0.1) is 0 Å². The zero-order valence-electron chi connectivity index (χ0n) is 13.9. The quantitative estimate of drug-likeness (QED) is 0.924. The highest BCUT2D eigenvalue weighted by Gasteiger charge is 2.25. The number of anilines is 1. The van der Waals surface area contributed by atoms with Gasteiger partial charge < -0.3 is 10.2 Å². The number of carbonyl (C=O) groups is 2. The topological polar surface area (TPSA) is 49.4 Å². The fourth-order valence-electron chi connectivity index (χ4n) is 2.12. The summed E-state index contributed by atoms with van der Waals surface area (Å²) in [5.41, 5.74) is 1.61. The lowest BCUT2D eigenvalue weighted by molar-refractivity contribution is -0.137. The Morgan fingerprint density at radius 1 is 1.14 bits per heavy atom. The molecule has 0 radical (unpaired) electrons. The predicted octanol–water partition coefficient (Wildman–Crippen LogP) is 3.40. The van der Waals surface area contributed by atoms with E-state index in [4.69, 9.17) is 0 Å². The number of amides is 2. The van der Waals surface area contributed by atoms with Crippen LogP contribution in [0.15, 0.2) is 24.3 Å². The van der Waals surface area contributed by atoms with Crippen LogP contribution in [0.4, 0.5) is 5.69 Å². The molecule has 0 saturated carbocycles. The maximum absolute atomic E-state index is 12.1. The molecule has 0 heterocycles. The molecule has 0 aliphatic carbocycles. The molecule has 0 atom stereocenters. The van der Waals surface area contributed by atoms with Crippen LogP contribution in [0.2, 0.25) is 0 Å². The van der Waals surface area contributed by atoms with Gasteiger partial charge in [0.15, 0.2) is 0 Å². The highest BCUT2D eigenvalue weighted by atomic mass is 16.2. The summed E-state index contributed by atoms with van der Waals surface area (Å²) in [4.78, 5) is 25.3. The zero-order chi connectivity index (χ0) is 16.2. The van der Waals surface area contributed by atoms with E-state index in [-0.39, 0.29) is 23.9 Å². The van der Waals surface area contributed by atoms with Crippen LogP contribution in [0.5, 0.6) is 0 Å². The molecule has 0 saturated heterocycles. The van der Waals surface area contributed by atoms with Crippen molar-refractivity contribution in [3.05, 3.63) is 29.8 Å². The first kappa shape index (κ1) is 17.2. The Kier molecular flexibility index (Phi) is 5.53. The first-order valence-corrected chi connectivity index (χ1v) is 7.29. The van der Waals surface area contributed by atoms with Crippen molar-refractivity contribution in [1.29, 1.82) is 0 Å². The smallest absolute Gasteiger partial charge is 0.244 e. The second-order valence-electron chi connectivity index (χ2n) is 6.60. The molecule has 2 amide bonds. The molecule has 0 aliphatic rings. The van der Waals surface area contributed by atoms with Crippen molar-refractivity contribution < 1.29 is 9.59 Å². The van der Waals surface area contributed by atoms with E-state index in [9.17, 15) is 9.59 Å². The van der Waals surface area contributed by atoms with Crippen molar-refractivity contribution >= 4 is 17.5 Å². The van der Waals surface area contributed by atoms with Gasteiger partial charge in [-0.1, -0.05) is 26.0 Å². The van der Waals surface area contributed by atoms with Gasteiger partial charge in [-0.25, -0.2) is 0 Å². The first-order valence-electron chi connectivity index (χ1n) is 7.29. The largest absolute Gasteiger partial charge is 0.329 e. The Hall–Kier alpha value is -1.84. The number of rotatable bonds is 4. The van der Waals surface area contributed by atoms with Gasteiger partial charge in [0, 0.05) is 18.2 Å². The highest BCUT2D eigenvalue weighted by molar-refractivity contribution is 5.94. The van der Waals surface area contributed by atoms with Crippen LogP contribution in [0.3, 0.4) is 0 Å². The van der Waals surface area contributed by atoms with E-state index in [1.165, 1.54) is 12.5 Å². The van der Waals surface area contributed by atoms with Gasteiger partial charge in [-0.3, -0.25) is 9.59 Å². The lowest BCUT2D eigenvalue weighted by Crippen LogP contribution is -2.48. The fourth-order valence-corrected chi connectivity index (χ4v) is 2.12. The Morgan fingerprint density at radius 2 is 1.67 bits per heavy atom. The van der Waals surface area contributed by atoms with Crippen LogP contribution in [-0.4, -0.2) is 28.8 Å². The van der Waals surface area contributed by atoms with Crippen LogP contribution in [0.25, 0.3) is 0 Å². The molecule has 0 fully saturated rings. The van der Waals surface area contributed by atoms with Gasteiger partial charge in [0.05, 0.1) is 0 Å². The summed E-state index contributed by atoms with van der Waals surface area (Å²) in [5.74, 6) is 0.175. The van der Waals surface area contributed by atoms with E-state index in [1.54, 1.807) is 4.90 Å². The zero-order valence-corrected chi connectivity index (χ0v) is 13.9. The van der Waals surface area contributed by atoms with E-state index in [0.717, 1.165) is 5.69 Å². The molecule has 0 bridgehead atoms. The monoisotopic (exact) mass is 290 g/mol. The SMILES string of the molecule is CC(=O)N(CC(=O)Nc1ccc(C(C)C)cc1)C(C)(C)C. The van der Waals surface area contributed by atoms with Crippen LogP contribution >= 0.6 is 0 Å². The number of benzene rings is 1. The van der Waals surface area contributed by atoms with Crippen molar-refractivity contribution in [2.75, 3.05) is 11.9 Å². The van der Waals surface area contributed by atoms with Gasteiger partial charge in [0.2, 0.25) is 11.8 Å². The molecule has 0 aromatic heterocycles. The molecule has 0 aliphatic heterocycles. The maximum Gasteiger partial charge on any atom is 0.244 e. The Morgan fingerprint density at radius 3 is 2.05 bits per heavy atom. The Bertz CT molecular complexity index is 499. The van der Waals surface area contributed by atoms with E-state index >= 15 is 0 Å². The molecule has 0 unspecified atom stereocenters. The minimum absolute atomic E-state index is 0.0603. The second kappa shape index (κ2) is 6.74. The second-order valence-corrected chi connectivity index (χ2v) is 6.60. The summed E-state index contributed by atoms with van der Waals surface area (Å²) >= 11 is 0. The van der Waals surface area contributed by atoms with Crippen LogP contribution in [0.1, 0.15) is 53.0 Å². The Balaban J connectivity index is 2.70. The number of hydrogen-bond acceptors (Lipinski definition) is 2. The molecule has 116 valence electrons. The number of hydrogen-bond donors (Lipinski definition) is 1. The fraction of sp³-hybridized carbons (Fsp3) is 0.529. The molecule has 1 rings (SSSR count). The van der Waals surface area contributed by atoms with E-state index < -0.39 is 0 Å². The van der Waals surface area contributed by atoms with Crippen molar-refractivity contribution in [3.63, 3.8) is 0 Å². The third kappa shape index (κ3) is 5.21. The minimum atomic E-state index is -0.370. The van der Waals surface area contributed by atoms with E-state index in [1.807, 2.05) is 45.0 Å². The van der Waals surface area contributed by atoms with Crippen LogP contribution in [0, 0.1) is 0 Å². The molecule has 1 aromatic rings. The van der Waals surface area contributed by atoms with Crippen molar-refractivity contribution in [2.45, 2.75) is 53.0 Å². The number of nitrogens with zero attached hydrogens (tertiary/aromatic N) is 1. The summed E-state index contributed by atoms with van der Waals surface area (Å²) in [6.07, 6.45) is 0.